The van der Waals surface area contributed by atoms with Gasteiger partial charge in [-0.15, -0.1) is 0 Å². The van der Waals surface area contributed by atoms with Crippen LogP contribution in [0.15, 0.2) is 18.2 Å². The number of hydrogen-bond donors (Lipinski definition) is 1. The van der Waals surface area contributed by atoms with Gasteiger partial charge < -0.3 is 19.3 Å². The predicted molar refractivity (Wildman–Crippen MR) is 69.8 cm³/mol. The van der Waals surface area contributed by atoms with Crippen LogP contribution in [0.5, 0.6) is 5.75 Å². The van der Waals surface area contributed by atoms with Crippen molar-refractivity contribution >= 4 is 0 Å². The Morgan fingerprint density at radius 3 is 2.68 bits per heavy atom. The van der Waals surface area contributed by atoms with E-state index in [0.29, 0.717) is 44.2 Å². The Morgan fingerprint density at radius 2 is 2.00 bits per heavy atom. The average Bonchev–Trinajstić information content (AvgIpc) is 2.37. The van der Waals surface area contributed by atoms with Crippen LogP contribution in [0.3, 0.4) is 0 Å². The Kier molecular flexibility index (Phi) is 7.40. The van der Waals surface area contributed by atoms with Crippen molar-refractivity contribution < 1.29 is 23.7 Å². The van der Waals surface area contributed by atoms with Crippen molar-refractivity contribution in [3.05, 3.63) is 29.6 Å². The van der Waals surface area contributed by atoms with E-state index in [1.807, 2.05) is 0 Å². The van der Waals surface area contributed by atoms with Gasteiger partial charge in [-0.3, -0.25) is 0 Å². The maximum absolute atomic E-state index is 13.1. The van der Waals surface area contributed by atoms with Gasteiger partial charge in [0.05, 0.1) is 25.9 Å². The molecule has 1 aromatic carbocycles. The first-order valence-electron chi connectivity index (χ1n) is 6.32. The molecule has 1 rings (SSSR count). The molecule has 19 heavy (non-hydrogen) atoms. The minimum atomic E-state index is -0.687. The number of aliphatic hydroxyl groups is 1. The standard InChI is InChI=1S/C14H21FO4/c1-11(16)13-5-4-12(15)10-14(13)19-7-3-6-18-9-8-17-2/h4-5,10-11,16H,3,6-9H2,1-2H3/t11-/m1/s1. The summed E-state index contributed by atoms with van der Waals surface area (Å²) in [5, 5.41) is 9.55. The number of ether oxygens (including phenoxy) is 3. The summed E-state index contributed by atoms with van der Waals surface area (Å²) in [6.07, 6.45) is 0.00740. The third kappa shape index (κ3) is 6.00. The molecule has 0 unspecified atom stereocenters. The quantitative estimate of drug-likeness (QED) is 0.701. The van der Waals surface area contributed by atoms with Gasteiger partial charge in [0.2, 0.25) is 0 Å². The fourth-order valence-corrected chi connectivity index (χ4v) is 1.57. The van der Waals surface area contributed by atoms with Crippen molar-refractivity contribution in [2.45, 2.75) is 19.4 Å². The fourth-order valence-electron chi connectivity index (χ4n) is 1.57. The first kappa shape index (κ1) is 15.9. The van der Waals surface area contributed by atoms with E-state index in [2.05, 4.69) is 0 Å². The summed E-state index contributed by atoms with van der Waals surface area (Å²) in [5.41, 5.74) is 0.585. The Bertz CT molecular complexity index is 368. The first-order chi connectivity index (χ1) is 9.15. The topological polar surface area (TPSA) is 47.9 Å². The Balaban J connectivity index is 2.34. The molecule has 0 aliphatic rings. The first-order valence-corrected chi connectivity index (χ1v) is 6.32. The summed E-state index contributed by atoms with van der Waals surface area (Å²) < 4.78 is 28.7. The minimum absolute atomic E-state index is 0.379. The molecule has 0 fully saturated rings. The minimum Gasteiger partial charge on any atom is -0.493 e. The number of rotatable bonds is 9. The van der Waals surface area contributed by atoms with Gasteiger partial charge in [-0.25, -0.2) is 4.39 Å². The van der Waals surface area contributed by atoms with Gasteiger partial charge in [-0.1, -0.05) is 0 Å². The van der Waals surface area contributed by atoms with Crippen LogP contribution in [0, 0.1) is 5.82 Å². The van der Waals surface area contributed by atoms with Gasteiger partial charge >= 0.3 is 0 Å². The monoisotopic (exact) mass is 272 g/mol. The lowest BCUT2D eigenvalue weighted by atomic mass is 10.1. The highest BCUT2D eigenvalue weighted by molar-refractivity contribution is 5.35. The van der Waals surface area contributed by atoms with E-state index in [-0.39, 0.29) is 5.82 Å². The molecule has 108 valence electrons. The summed E-state index contributed by atoms with van der Waals surface area (Å²) >= 11 is 0. The largest absolute Gasteiger partial charge is 0.493 e. The number of aliphatic hydroxyl groups excluding tert-OH is 1. The SMILES string of the molecule is COCCOCCCOc1cc(F)ccc1[C@@H](C)O. The van der Waals surface area contributed by atoms with Crippen LogP contribution < -0.4 is 4.74 Å². The highest BCUT2D eigenvalue weighted by atomic mass is 19.1. The molecule has 0 heterocycles. The Labute approximate surface area is 113 Å². The van der Waals surface area contributed by atoms with Crippen LogP contribution >= 0.6 is 0 Å². The van der Waals surface area contributed by atoms with Crippen molar-refractivity contribution in [2.24, 2.45) is 0 Å². The van der Waals surface area contributed by atoms with E-state index >= 15 is 0 Å². The second-order valence-electron chi connectivity index (χ2n) is 4.17. The average molecular weight is 272 g/mol. The van der Waals surface area contributed by atoms with E-state index in [4.69, 9.17) is 14.2 Å². The maximum atomic E-state index is 13.1. The summed E-state index contributed by atoms with van der Waals surface area (Å²) in [6, 6.07) is 4.13. The van der Waals surface area contributed by atoms with Gasteiger partial charge in [-0.2, -0.15) is 0 Å². The number of halogens is 1. The number of benzene rings is 1. The van der Waals surface area contributed by atoms with E-state index in [9.17, 15) is 9.50 Å². The van der Waals surface area contributed by atoms with Crippen molar-refractivity contribution in [1.29, 1.82) is 0 Å². The van der Waals surface area contributed by atoms with Crippen LogP contribution in [-0.2, 0) is 9.47 Å². The van der Waals surface area contributed by atoms with E-state index in [1.54, 1.807) is 14.0 Å². The summed E-state index contributed by atoms with van der Waals surface area (Å²) in [5.74, 6) is 0.00244. The van der Waals surface area contributed by atoms with Gasteiger partial charge in [0, 0.05) is 31.8 Å². The second kappa shape index (κ2) is 8.85. The lowest BCUT2D eigenvalue weighted by Gasteiger charge is -2.13. The van der Waals surface area contributed by atoms with Crippen LogP contribution in [0.1, 0.15) is 25.0 Å². The summed E-state index contributed by atoms with van der Waals surface area (Å²) in [6.45, 7) is 3.71. The molecule has 0 aromatic heterocycles. The fraction of sp³-hybridized carbons (Fsp3) is 0.571. The van der Waals surface area contributed by atoms with E-state index in [1.165, 1.54) is 18.2 Å². The molecule has 0 saturated heterocycles. The highest BCUT2D eigenvalue weighted by Gasteiger charge is 2.10. The molecule has 0 saturated carbocycles. The third-order valence-corrected chi connectivity index (χ3v) is 2.55. The molecule has 5 heteroatoms. The normalized spacial score (nSPS) is 12.4. The molecule has 0 spiro atoms. The van der Waals surface area contributed by atoms with Crippen LogP contribution in [-0.4, -0.2) is 38.6 Å². The van der Waals surface area contributed by atoms with Gasteiger partial charge in [0.15, 0.2) is 0 Å². The highest BCUT2D eigenvalue weighted by Crippen LogP contribution is 2.26. The van der Waals surface area contributed by atoms with E-state index in [0.717, 1.165) is 0 Å². The molecule has 0 aliphatic heterocycles. The Morgan fingerprint density at radius 1 is 1.21 bits per heavy atom. The van der Waals surface area contributed by atoms with Crippen LogP contribution in [0.25, 0.3) is 0 Å². The summed E-state index contributed by atoms with van der Waals surface area (Å²) in [4.78, 5) is 0. The van der Waals surface area contributed by atoms with Gasteiger partial charge in [0.25, 0.3) is 0 Å². The molecule has 0 amide bonds. The molecule has 0 radical (unpaired) electrons. The van der Waals surface area contributed by atoms with Crippen LogP contribution in [0.2, 0.25) is 0 Å². The maximum Gasteiger partial charge on any atom is 0.127 e. The van der Waals surface area contributed by atoms with Crippen molar-refractivity contribution in [2.75, 3.05) is 33.5 Å². The van der Waals surface area contributed by atoms with Crippen molar-refractivity contribution in [1.82, 2.24) is 0 Å². The van der Waals surface area contributed by atoms with Crippen molar-refractivity contribution in [3.8, 4) is 5.75 Å². The zero-order valence-corrected chi connectivity index (χ0v) is 11.4. The molecular formula is C14H21FO4. The molecular weight excluding hydrogens is 251 g/mol. The molecule has 1 atom stereocenters. The molecule has 0 aliphatic carbocycles. The zero-order chi connectivity index (χ0) is 14.1. The number of methoxy groups -OCH3 is 1. The molecule has 1 aromatic rings. The summed E-state index contributed by atoms with van der Waals surface area (Å²) in [7, 11) is 1.62. The predicted octanol–water partition coefficient (Wildman–Crippen LogP) is 2.31. The molecule has 4 nitrogen and oxygen atoms in total. The van der Waals surface area contributed by atoms with Gasteiger partial charge in [-0.05, 0) is 19.1 Å². The Hall–Kier alpha value is -1.17. The zero-order valence-electron chi connectivity index (χ0n) is 11.4. The molecule has 1 N–H and O–H groups in total. The third-order valence-electron chi connectivity index (χ3n) is 2.55. The van der Waals surface area contributed by atoms with Gasteiger partial charge in [0.1, 0.15) is 11.6 Å². The second-order valence-corrected chi connectivity index (χ2v) is 4.17. The lowest BCUT2D eigenvalue weighted by molar-refractivity contribution is 0.0642. The van der Waals surface area contributed by atoms with E-state index < -0.39 is 6.10 Å². The molecule has 0 bridgehead atoms. The smallest absolute Gasteiger partial charge is 0.127 e. The van der Waals surface area contributed by atoms with Crippen LogP contribution in [0.4, 0.5) is 4.39 Å². The number of hydrogen-bond acceptors (Lipinski definition) is 4. The lowest BCUT2D eigenvalue weighted by Crippen LogP contribution is -2.08. The van der Waals surface area contributed by atoms with Crippen molar-refractivity contribution in [3.63, 3.8) is 0 Å².